The van der Waals surface area contributed by atoms with Crippen LogP contribution in [-0.2, 0) is 14.6 Å². The molecule has 0 aromatic carbocycles. The first-order chi connectivity index (χ1) is 9.02. The summed E-state index contributed by atoms with van der Waals surface area (Å²) in [7, 11) is -3.04. The third-order valence-corrected chi connectivity index (χ3v) is 5.63. The fourth-order valence-electron chi connectivity index (χ4n) is 2.84. The summed E-state index contributed by atoms with van der Waals surface area (Å²) in [6, 6.07) is 0.272. The number of carbonyl (C=O) groups excluding carboxylic acids is 1. The van der Waals surface area contributed by atoms with Gasteiger partial charge in [0.15, 0.2) is 9.84 Å². The third kappa shape index (κ3) is 3.90. The van der Waals surface area contributed by atoms with E-state index in [1.807, 2.05) is 0 Å². The van der Waals surface area contributed by atoms with Crippen molar-refractivity contribution in [3.8, 4) is 0 Å². The fourth-order valence-corrected chi connectivity index (χ4v) is 4.57. The lowest BCUT2D eigenvalue weighted by molar-refractivity contribution is -0.135. The number of carbonyl (C=O) groups is 1. The number of aliphatic hydroxyl groups excluding tert-OH is 1. The molecule has 110 valence electrons. The summed E-state index contributed by atoms with van der Waals surface area (Å²) in [6.45, 7) is 1.73. The van der Waals surface area contributed by atoms with Gasteiger partial charge >= 0.3 is 0 Å². The van der Waals surface area contributed by atoms with Crippen LogP contribution in [0.15, 0.2) is 0 Å². The Labute approximate surface area is 114 Å². The van der Waals surface area contributed by atoms with Gasteiger partial charge < -0.3 is 15.3 Å². The van der Waals surface area contributed by atoms with Crippen LogP contribution in [0.2, 0.25) is 0 Å². The van der Waals surface area contributed by atoms with Crippen LogP contribution in [0.5, 0.6) is 0 Å². The molecule has 2 rings (SSSR count). The van der Waals surface area contributed by atoms with Gasteiger partial charge in [-0.1, -0.05) is 0 Å². The molecule has 0 radical (unpaired) electrons. The zero-order valence-electron chi connectivity index (χ0n) is 11.0. The summed E-state index contributed by atoms with van der Waals surface area (Å²) in [5.41, 5.74) is 0. The predicted octanol–water partition coefficient (Wildman–Crippen LogP) is -1.01. The molecule has 2 aliphatic rings. The van der Waals surface area contributed by atoms with Gasteiger partial charge in [0, 0.05) is 19.1 Å². The van der Waals surface area contributed by atoms with E-state index in [9.17, 15) is 13.2 Å². The maximum atomic E-state index is 12.3. The van der Waals surface area contributed by atoms with E-state index in [0.717, 1.165) is 19.4 Å². The molecule has 2 saturated heterocycles. The molecule has 0 aliphatic carbocycles. The number of hydrogen-bond acceptors (Lipinski definition) is 5. The van der Waals surface area contributed by atoms with Crippen LogP contribution >= 0.6 is 0 Å². The largest absolute Gasteiger partial charge is 0.395 e. The monoisotopic (exact) mass is 290 g/mol. The average molecular weight is 290 g/mol. The minimum Gasteiger partial charge on any atom is -0.395 e. The number of aliphatic hydroxyl groups is 1. The zero-order chi connectivity index (χ0) is 13.9. The van der Waals surface area contributed by atoms with Crippen molar-refractivity contribution in [2.24, 2.45) is 5.92 Å². The molecule has 7 heteroatoms. The molecule has 19 heavy (non-hydrogen) atoms. The van der Waals surface area contributed by atoms with Crippen LogP contribution in [-0.4, -0.2) is 68.1 Å². The second-order valence-electron chi connectivity index (χ2n) is 5.40. The number of amides is 1. The van der Waals surface area contributed by atoms with Gasteiger partial charge in [-0.05, 0) is 25.8 Å². The predicted molar refractivity (Wildman–Crippen MR) is 71.5 cm³/mol. The first-order valence-corrected chi connectivity index (χ1v) is 8.67. The van der Waals surface area contributed by atoms with E-state index >= 15 is 0 Å². The molecule has 0 aromatic heterocycles. The summed E-state index contributed by atoms with van der Waals surface area (Å²) < 4.78 is 22.9. The number of nitrogens with one attached hydrogen (secondary N) is 1. The van der Waals surface area contributed by atoms with E-state index in [1.54, 1.807) is 4.90 Å². The molecule has 0 saturated carbocycles. The Kier molecular flexibility index (Phi) is 4.81. The lowest BCUT2D eigenvalue weighted by Gasteiger charge is -2.27. The normalized spacial score (nSPS) is 29.5. The van der Waals surface area contributed by atoms with Gasteiger partial charge in [-0.25, -0.2) is 8.42 Å². The second-order valence-corrected chi connectivity index (χ2v) is 7.63. The number of nitrogens with zero attached hydrogens (tertiary/aromatic N) is 1. The minimum absolute atomic E-state index is 0.0359. The maximum absolute atomic E-state index is 12.3. The Morgan fingerprint density at radius 2 is 2.16 bits per heavy atom. The van der Waals surface area contributed by atoms with Crippen LogP contribution < -0.4 is 5.32 Å². The molecule has 2 unspecified atom stereocenters. The smallest absolute Gasteiger partial charge is 0.226 e. The fraction of sp³-hybridized carbons (Fsp3) is 0.917. The van der Waals surface area contributed by atoms with Crippen molar-refractivity contribution >= 4 is 15.7 Å². The highest BCUT2D eigenvalue weighted by atomic mass is 32.2. The summed E-state index contributed by atoms with van der Waals surface area (Å²) in [6.07, 6.45) is 2.54. The van der Waals surface area contributed by atoms with Gasteiger partial charge in [0.2, 0.25) is 5.91 Å². The molecule has 0 bridgehead atoms. The Morgan fingerprint density at radius 3 is 2.68 bits per heavy atom. The topological polar surface area (TPSA) is 86.7 Å². The summed E-state index contributed by atoms with van der Waals surface area (Å²) in [5, 5.41) is 12.4. The molecule has 2 heterocycles. The Morgan fingerprint density at radius 1 is 1.37 bits per heavy atom. The van der Waals surface area contributed by atoms with Crippen molar-refractivity contribution < 1.29 is 18.3 Å². The standard InChI is InChI=1S/C12H22N2O4S/c15-6-5-14(8-11-2-1-4-13-11)12(16)10-3-7-19(17,18)9-10/h10-11,13,15H,1-9H2. The van der Waals surface area contributed by atoms with Gasteiger partial charge in [0.25, 0.3) is 0 Å². The van der Waals surface area contributed by atoms with Gasteiger partial charge in [-0.3, -0.25) is 4.79 Å². The molecular weight excluding hydrogens is 268 g/mol. The Balaban J connectivity index is 1.95. The lowest BCUT2D eigenvalue weighted by Crippen LogP contribution is -2.45. The minimum atomic E-state index is -3.04. The molecular formula is C12H22N2O4S. The van der Waals surface area contributed by atoms with E-state index in [2.05, 4.69) is 5.32 Å². The van der Waals surface area contributed by atoms with Crippen LogP contribution in [0, 0.1) is 5.92 Å². The number of sulfone groups is 1. The SMILES string of the molecule is O=C(C1CCS(=O)(=O)C1)N(CCO)CC1CCCN1. The number of hydrogen-bond donors (Lipinski definition) is 2. The van der Waals surface area contributed by atoms with Gasteiger partial charge in [-0.15, -0.1) is 0 Å². The maximum Gasteiger partial charge on any atom is 0.226 e. The van der Waals surface area contributed by atoms with Crippen molar-refractivity contribution in [2.75, 3.05) is 37.7 Å². The van der Waals surface area contributed by atoms with Crippen LogP contribution in [0.3, 0.4) is 0 Å². The van der Waals surface area contributed by atoms with E-state index in [0.29, 0.717) is 13.0 Å². The summed E-state index contributed by atoms with van der Waals surface area (Å²) >= 11 is 0. The highest BCUT2D eigenvalue weighted by Crippen LogP contribution is 2.21. The van der Waals surface area contributed by atoms with E-state index in [-0.39, 0.29) is 36.6 Å². The summed E-state index contributed by atoms with van der Waals surface area (Å²) in [5.74, 6) is -0.467. The van der Waals surface area contributed by atoms with Crippen LogP contribution in [0.1, 0.15) is 19.3 Å². The quantitative estimate of drug-likeness (QED) is 0.678. The average Bonchev–Trinajstić information content (AvgIpc) is 2.97. The van der Waals surface area contributed by atoms with E-state index in [4.69, 9.17) is 5.11 Å². The molecule has 6 nitrogen and oxygen atoms in total. The summed E-state index contributed by atoms with van der Waals surface area (Å²) in [4.78, 5) is 14.0. The highest BCUT2D eigenvalue weighted by molar-refractivity contribution is 7.91. The molecule has 2 aliphatic heterocycles. The molecule has 2 fully saturated rings. The Bertz CT molecular complexity index is 417. The highest BCUT2D eigenvalue weighted by Gasteiger charge is 2.35. The molecule has 2 N–H and O–H groups in total. The van der Waals surface area contributed by atoms with Gasteiger partial charge in [-0.2, -0.15) is 0 Å². The van der Waals surface area contributed by atoms with Crippen molar-refractivity contribution in [1.29, 1.82) is 0 Å². The lowest BCUT2D eigenvalue weighted by atomic mass is 10.1. The van der Waals surface area contributed by atoms with E-state index < -0.39 is 15.8 Å². The van der Waals surface area contributed by atoms with Crippen LogP contribution in [0.4, 0.5) is 0 Å². The molecule has 2 atom stereocenters. The van der Waals surface area contributed by atoms with Crippen molar-refractivity contribution in [2.45, 2.75) is 25.3 Å². The van der Waals surface area contributed by atoms with Gasteiger partial charge in [0.05, 0.1) is 24.0 Å². The van der Waals surface area contributed by atoms with Crippen LogP contribution in [0.25, 0.3) is 0 Å². The zero-order valence-corrected chi connectivity index (χ0v) is 11.9. The molecule has 0 aromatic rings. The first-order valence-electron chi connectivity index (χ1n) is 6.85. The third-order valence-electron chi connectivity index (χ3n) is 3.87. The number of rotatable bonds is 5. The van der Waals surface area contributed by atoms with Crippen molar-refractivity contribution in [3.63, 3.8) is 0 Å². The Hall–Kier alpha value is -0.660. The van der Waals surface area contributed by atoms with E-state index in [1.165, 1.54) is 0 Å². The molecule has 0 spiro atoms. The second kappa shape index (κ2) is 6.19. The van der Waals surface area contributed by atoms with Crippen molar-refractivity contribution in [3.05, 3.63) is 0 Å². The van der Waals surface area contributed by atoms with Crippen molar-refractivity contribution in [1.82, 2.24) is 10.2 Å². The van der Waals surface area contributed by atoms with Gasteiger partial charge in [0.1, 0.15) is 0 Å². The first kappa shape index (κ1) is 14.7. The molecule has 1 amide bonds.